The minimum Gasteiger partial charge on any atom is -0.323 e. The minimum absolute atomic E-state index is 0.0246. The van der Waals surface area contributed by atoms with E-state index in [0.717, 1.165) is 15.4 Å². The third kappa shape index (κ3) is 3.37. The summed E-state index contributed by atoms with van der Waals surface area (Å²) in [6.07, 6.45) is 0. The maximum absolute atomic E-state index is 13.6. The molecule has 6 heteroatoms. The van der Waals surface area contributed by atoms with Gasteiger partial charge in [-0.3, -0.25) is 0 Å². The van der Waals surface area contributed by atoms with Gasteiger partial charge in [0, 0.05) is 26.7 Å². The minimum atomic E-state index is -1.48. The lowest BCUT2D eigenvalue weighted by molar-refractivity contribution is 0.437. The Hall–Kier alpha value is -0.980. The molecule has 0 aromatic heterocycles. The highest BCUT2D eigenvalue weighted by atomic mass is 79.9. The van der Waals surface area contributed by atoms with Crippen LogP contribution in [-0.4, -0.2) is 5.75 Å². The molecule has 0 amide bonds. The van der Waals surface area contributed by atoms with Crippen molar-refractivity contribution in [2.45, 2.75) is 10.9 Å². The van der Waals surface area contributed by atoms with E-state index in [1.807, 2.05) is 24.3 Å². The molecule has 1 nitrogen and oxygen atoms in total. The lowest BCUT2D eigenvalue weighted by atomic mass is 10.1. The molecule has 0 aliphatic carbocycles. The Morgan fingerprint density at radius 3 is 2.45 bits per heavy atom. The smallest absolute Gasteiger partial charge is 0.194 e. The van der Waals surface area contributed by atoms with Crippen LogP contribution in [0.2, 0.25) is 0 Å². The third-order valence-corrected chi connectivity index (χ3v) is 4.87. The van der Waals surface area contributed by atoms with Crippen molar-refractivity contribution >= 4 is 27.7 Å². The van der Waals surface area contributed by atoms with Gasteiger partial charge in [-0.2, -0.15) is 0 Å². The van der Waals surface area contributed by atoms with Gasteiger partial charge in [-0.25, -0.2) is 13.2 Å². The molecule has 106 valence electrons. The predicted molar refractivity (Wildman–Crippen MR) is 78.1 cm³/mol. The molecule has 0 spiro atoms. The summed E-state index contributed by atoms with van der Waals surface area (Å²) in [6, 6.07) is 8.87. The number of nitrogens with two attached hydrogens (primary N) is 1. The van der Waals surface area contributed by atoms with E-state index in [1.54, 1.807) is 0 Å². The molecule has 0 fully saturated rings. The van der Waals surface area contributed by atoms with Gasteiger partial charge in [0.05, 0.1) is 0 Å². The standard InChI is InChI=1S/C14H11BrF3NS/c15-9-3-1-2-4-12(9)20-7-11(19)8-5-6-10(16)14(18)13(8)17/h1-6,11H,7,19H2. The Morgan fingerprint density at radius 2 is 1.75 bits per heavy atom. The van der Waals surface area contributed by atoms with Crippen LogP contribution in [0.4, 0.5) is 13.2 Å². The largest absolute Gasteiger partial charge is 0.323 e. The van der Waals surface area contributed by atoms with E-state index in [9.17, 15) is 13.2 Å². The molecule has 0 radical (unpaired) electrons. The first-order chi connectivity index (χ1) is 9.50. The molecule has 0 saturated heterocycles. The monoisotopic (exact) mass is 361 g/mol. The van der Waals surface area contributed by atoms with Gasteiger partial charge in [-0.1, -0.05) is 18.2 Å². The zero-order valence-corrected chi connectivity index (χ0v) is 12.6. The number of benzene rings is 2. The molecule has 0 saturated carbocycles. The first-order valence-corrected chi connectivity index (χ1v) is 7.55. The van der Waals surface area contributed by atoms with Gasteiger partial charge in [0.1, 0.15) is 0 Å². The number of rotatable bonds is 4. The zero-order chi connectivity index (χ0) is 14.7. The Bertz CT molecular complexity index is 621. The van der Waals surface area contributed by atoms with Crippen molar-refractivity contribution in [1.82, 2.24) is 0 Å². The van der Waals surface area contributed by atoms with Gasteiger partial charge in [0.2, 0.25) is 0 Å². The molecule has 0 heterocycles. The molecular weight excluding hydrogens is 351 g/mol. The van der Waals surface area contributed by atoms with Crippen LogP contribution >= 0.6 is 27.7 Å². The summed E-state index contributed by atoms with van der Waals surface area (Å²) < 4.78 is 40.5. The van der Waals surface area contributed by atoms with E-state index >= 15 is 0 Å². The zero-order valence-electron chi connectivity index (χ0n) is 10.2. The molecule has 1 atom stereocenters. The summed E-state index contributed by atoms with van der Waals surface area (Å²) in [7, 11) is 0. The summed E-state index contributed by atoms with van der Waals surface area (Å²) in [6.45, 7) is 0. The van der Waals surface area contributed by atoms with Crippen molar-refractivity contribution in [3.8, 4) is 0 Å². The van der Waals surface area contributed by atoms with Gasteiger partial charge in [-0.15, -0.1) is 11.8 Å². The van der Waals surface area contributed by atoms with Crippen LogP contribution in [0.3, 0.4) is 0 Å². The first-order valence-electron chi connectivity index (χ1n) is 5.77. The van der Waals surface area contributed by atoms with Crippen LogP contribution in [0.1, 0.15) is 11.6 Å². The Labute approximate surface area is 127 Å². The second-order valence-corrected chi connectivity index (χ2v) is 6.03. The van der Waals surface area contributed by atoms with Gasteiger partial charge in [-0.05, 0) is 34.1 Å². The quantitative estimate of drug-likeness (QED) is 0.633. The second kappa shape index (κ2) is 6.65. The fraction of sp³-hybridized carbons (Fsp3) is 0.143. The van der Waals surface area contributed by atoms with E-state index in [4.69, 9.17) is 5.73 Å². The topological polar surface area (TPSA) is 26.0 Å². The Balaban J connectivity index is 2.11. The van der Waals surface area contributed by atoms with Crippen LogP contribution in [0.5, 0.6) is 0 Å². The Kier molecular flexibility index (Phi) is 5.12. The van der Waals surface area contributed by atoms with Crippen molar-refractivity contribution in [2.24, 2.45) is 5.73 Å². The highest BCUT2D eigenvalue weighted by Crippen LogP contribution is 2.30. The molecule has 2 aromatic carbocycles. The average Bonchev–Trinajstić information content (AvgIpc) is 2.44. The summed E-state index contributed by atoms with van der Waals surface area (Å²) in [5.74, 6) is -3.56. The predicted octanol–water partition coefficient (Wildman–Crippen LogP) is 4.66. The molecule has 2 aromatic rings. The van der Waals surface area contributed by atoms with Crippen LogP contribution in [-0.2, 0) is 0 Å². The highest BCUT2D eigenvalue weighted by molar-refractivity contribution is 9.10. The molecule has 0 aliphatic rings. The van der Waals surface area contributed by atoms with Crippen LogP contribution in [0.15, 0.2) is 45.8 Å². The number of hydrogen-bond donors (Lipinski definition) is 1. The fourth-order valence-electron chi connectivity index (χ4n) is 1.66. The lowest BCUT2D eigenvalue weighted by Crippen LogP contribution is -2.16. The van der Waals surface area contributed by atoms with E-state index < -0.39 is 23.5 Å². The van der Waals surface area contributed by atoms with Crippen molar-refractivity contribution in [3.05, 3.63) is 63.9 Å². The van der Waals surface area contributed by atoms with Crippen molar-refractivity contribution in [3.63, 3.8) is 0 Å². The Morgan fingerprint density at radius 1 is 1.05 bits per heavy atom. The second-order valence-electron chi connectivity index (χ2n) is 4.11. The SMILES string of the molecule is NC(CSc1ccccc1Br)c1ccc(F)c(F)c1F. The first kappa shape index (κ1) is 15.4. The van der Waals surface area contributed by atoms with E-state index in [-0.39, 0.29) is 5.56 Å². The fourth-order valence-corrected chi connectivity index (χ4v) is 3.21. The average molecular weight is 362 g/mol. The number of thioether (sulfide) groups is 1. The van der Waals surface area contributed by atoms with Crippen LogP contribution < -0.4 is 5.73 Å². The van der Waals surface area contributed by atoms with E-state index in [0.29, 0.717) is 5.75 Å². The summed E-state index contributed by atoms with van der Waals surface area (Å²) in [4.78, 5) is 0.950. The van der Waals surface area contributed by atoms with Gasteiger partial charge >= 0.3 is 0 Å². The van der Waals surface area contributed by atoms with Gasteiger partial charge in [0.25, 0.3) is 0 Å². The van der Waals surface area contributed by atoms with Gasteiger partial charge in [0.15, 0.2) is 17.5 Å². The summed E-state index contributed by atoms with van der Waals surface area (Å²) >= 11 is 4.81. The molecule has 2 rings (SSSR count). The molecule has 2 N–H and O–H groups in total. The number of hydrogen-bond acceptors (Lipinski definition) is 2. The summed E-state index contributed by atoms with van der Waals surface area (Å²) in [5, 5.41) is 0. The van der Waals surface area contributed by atoms with Crippen LogP contribution in [0, 0.1) is 17.5 Å². The van der Waals surface area contributed by atoms with E-state index in [1.165, 1.54) is 17.8 Å². The maximum atomic E-state index is 13.6. The molecule has 0 bridgehead atoms. The lowest BCUT2D eigenvalue weighted by Gasteiger charge is -2.13. The van der Waals surface area contributed by atoms with Crippen molar-refractivity contribution in [2.75, 3.05) is 5.75 Å². The van der Waals surface area contributed by atoms with Crippen molar-refractivity contribution in [1.29, 1.82) is 0 Å². The molecular formula is C14H11BrF3NS. The van der Waals surface area contributed by atoms with E-state index in [2.05, 4.69) is 15.9 Å². The third-order valence-electron chi connectivity index (χ3n) is 2.72. The number of halogens is 4. The van der Waals surface area contributed by atoms with Crippen LogP contribution in [0.25, 0.3) is 0 Å². The molecule has 1 unspecified atom stereocenters. The highest BCUT2D eigenvalue weighted by Gasteiger charge is 2.18. The normalized spacial score (nSPS) is 12.4. The maximum Gasteiger partial charge on any atom is 0.194 e. The van der Waals surface area contributed by atoms with Gasteiger partial charge < -0.3 is 5.73 Å². The molecule has 0 aliphatic heterocycles. The molecule has 20 heavy (non-hydrogen) atoms. The summed E-state index contributed by atoms with van der Waals surface area (Å²) in [5.41, 5.74) is 5.82. The van der Waals surface area contributed by atoms with Crippen molar-refractivity contribution < 1.29 is 13.2 Å².